The van der Waals surface area contributed by atoms with E-state index in [0.717, 1.165) is 37.8 Å². The zero-order chi connectivity index (χ0) is 15.1. The number of hydrogen-bond donors (Lipinski definition) is 1. The van der Waals surface area contributed by atoms with E-state index in [-0.39, 0.29) is 11.9 Å². The molecule has 0 saturated carbocycles. The summed E-state index contributed by atoms with van der Waals surface area (Å²) in [5, 5.41) is 5.99. The molecule has 4 heteroatoms. The van der Waals surface area contributed by atoms with Crippen LogP contribution in [-0.4, -0.2) is 6.54 Å². The molecule has 0 amide bonds. The second kappa shape index (κ2) is 8.52. The van der Waals surface area contributed by atoms with Crippen LogP contribution in [0.1, 0.15) is 42.7 Å². The topological polar surface area (TPSA) is 12.0 Å². The maximum atomic E-state index is 14.1. The van der Waals surface area contributed by atoms with Gasteiger partial charge in [-0.25, -0.2) is 4.39 Å². The maximum Gasteiger partial charge on any atom is 0.129 e. The molecule has 0 saturated heterocycles. The summed E-state index contributed by atoms with van der Waals surface area (Å²) in [5.41, 5.74) is 0.721. The molecule has 0 spiro atoms. The van der Waals surface area contributed by atoms with Crippen molar-refractivity contribution in [1.29, 1.82) is 0 Å². The Bertz CT molecular complexity index is 542. The van der Waals surface area contributed by atoms with Gasteiger partial charge in [0.2, 0.25) is 0 Å². The van der Waals surface area contributed by atoms with E-state index in [1.54, 1.807) is 23.5 Å². The number of benzene rings is 1. The molecule has 1 aromatic heterocycles. The Morgan fingerprint density at radius 1 is 1.33 bits per heavy atom. The molecule has 0 fully saturated rings. The molecule has 1 atom stereocenters. The number of rotatable bonds is 8. The average Bonchev–Trinajstić information content (AvgIpc) is 2.96. The van der Waals surface area contributed by atoms with Gasteiger partial charge in [-0.15, -0.1) is 11.3 Å². The summed E-state index contributed by atoms with van der Waals surface area (Å²) in [7, 11) is 0. The largest absolute Gasteiger partial charge is 0.310 e. The summed E-state index contributed by atoms with van der Waals surface area (Å²) in [4.78, 5) is 1.39. The minimum Gasteiger partial charge on any atom is -0.310 e. The molecule has 2 rings (SSSR count). The van der Waals surface area contributed by atoms with Gasteiger partial charge in [-0.05, 0) is 55.8 Å². The molecule has 21 heavy (non-hydrogen) atoms. The molecular weight excluding hydrogens is 305 g/mol. The fourth-order valence-corrected chi connectivity index (χ4v) is 3.32. The molecule has 0 bridgehead atoms. The molecule has 0 radical (unpaired) electrons. The second-order valence-electron chi connectivity index (χ2n) is 5.14. The fraction of sp³-hybridized carbons (Fsp3) is 0.412. The lowest BCUT2D eigenvalue weighted by atomic mass is 10.00. The highest BCUT2D eigenvalue weighted by Crippen LogP contribution is 2.25. The van der Waals surface area contributed by atoms with Crippen molar-refractivity contribution < 1.29 is 4.39 Å². The molecular formula is C17H21ClFNS. The first-order valence-corrected chi connectivity index (χ1v) is 8.67. The van der Waals surface area contributed by atoms with Crippen LogP contribution in [0.3, 0.4) is 0 Å². The Balaban J connectivity index is 1.99. The lowest BCUT2D eigenvalue weighted by molar-refractivity contribution is 0.462. The van der Waals surface area contributed by atoms with Crippen molar-refractivity contribution in [3.8, 4) is 0 Å². The van der Waals surface area contributed by atoms with Crippen LogP contribution in [0, 0.1) is 5.82 Å². The number of nitrogens with one attached hydrogen (secondary N) is 1. The van der Waals surface area contributed by atoms with E-state index in [1.807, 2.05) is 0 Å². The predicted molar refractivity (Wildman–Crippen MR) is 89.7 cm³/mol. The smallest absolute Gasteiger partial charge is 0.129 e. The molecule has 0 aliphatic rings. The van der Waals surface area contributed by atoms with E-state index in [2.05, 4.69) is 29.8 Å². The Morgan fingerprint density at radius 2 is 2.19 bits per heavy atom. The molecule has 0 aliphatic carbocycles. The Labute approximate surface area is 135 Å². The molecule has 0 aliphatic heterocycles. The number of hydrogen-bond acceptors (Lipinski definition) is 2. The highest BCUT2D eigenvalue weighted by Gasteiger charge is 2.15. The third-order valence-corrected chi connectivity index (χ3v) is 4.65. The zero-order valence-corrected chi connectivity index (χ0v) is 13.8. The van der Waals surface area contributed by atoms with Crippen LogP contribution < -0.4 is 5.32 Å². The van der Waals surface area contributed by atoms with Crippen LogP contribution in [0.25, 0.3) is 0 Å². The highest BCUT2D eigenvalue weighted by molar-refractivity contribution is 7.09. The lowest BCUT2D eigenvalue weighted by Crippen LogP contribution is -2.23. The second-order valence-corrected chi connectivity index (χ2v) is 6.61. The summed E-state index contributed by atoms with van der Waals surface area (Å²) >= 11 is 7.62. The van der Waals surface area contributed by atoms with Crippen LogP contribution in [-0.2, 0) is 6.42 Å². The third kappa shape index (κ3) is 5.10. The van der Waals surface area contributed by atoms with Crippen molar-refractivity contribution in [2.24, 2.45) is 0 Å². The van der Waals surface area contributed by atoms with Crippen LogP contribution in [0.5, 0.6) is 0 Å². The Kier molecular flexibility index (Phi) is 6.68. The quantitative estimate of drug-likeness (QED) is 0.665. The summed E-state index contributed by atoms with van der Waals surface area (Å²) in [6.45, 7) is 3.01. The normalized spacial score (nSPS) is 12.5. The van der Waals surface area contributed by atoms with Crippen molar-refractivity contribution in [1.82, 2.24) is 5.32 Å². The fourth-order valence-electron chi connectivity index (χ4n) is 2.41. The van der Waals surface area contributed by atoms with Crippen molar-refractivity contribution >= 4 is 22.9 Å². The van der Waals surface area contributed by atoms with Gasteiger partial charge in [0.15, 0.2) is 0 Å². The number of thiophene rings is 1. The van der Waals surface area contributed by atoms with Gasteiger partial charge in [0.1, 0.15) is 5.82 Å². The summed E-state index contributed by atoms with van der Waals surface area (Å²) in [6.07, 6.45) is 4.06. The molecule has 114 valence electrons. The van der Waals surface area contributed by atoms with Gasteiger partial charge in [0.05, 0.1) is 0 Å². The minimum atomic E-state index is -0.216. The average molecular weight is 326 g/mol. The summed E-state index contributed by atoms with van der Waals surface area (Å²) < 4.78 is 14.1. The van der Waals surface area contributed by atoms with Crippen LogP contribution in [0.15, 0.2) is 35.7 Å². The van der Waals surface area contributed by atoms with Gasteiger partial charge in [-0.3, -0.25) is 0 Å². The van der Waals surface area contributed by atoms with E-state index in [1.165, 1.54) is 10.9 Å². The summed E-state index contributed by atoms with van der Waals surface area (Å²) in [5.74, 6) is -0.216. The van der Waals surface area contributed by atoms with E-state index in [0.29, 0.717) is 5.02 Å². The van der Waals surface area contributed by atoms with E-state index in [4.69, 9.17) is 11.6 Å². The van der Waals surface area contributed by atoms with Crippen molar-refractivity contribution in [2.75, 3.05) is 6.54 Å². The van der Waals surface area contributed by atoms with Gasteiger partial charge in [-0.1, -0.05) is 30.7 Å². The monoisotopic (exact) mass is 325 g/mol. The SMILES string of the molecule is CCCNC(CCCc1cccs1)c1ccc(Cl)cc1F. The van der Waals surface area contributed by atoms with E-state index < -0.39 is 0 Å². The van der Waals surface area contributed by atoms with Crippen molar-refractivity contribution in [2.45, 2.75) is 38.6 Å². The molecule has 1 aromatic carbocycles. The molecule has 1 heterocycles. The first-order valence-electron chi connectivity index (χ1n) is 7.41. The predicted octanol–water partition coefficient (Wildman–Crippen LogP) is 5.60. The zero-order valence-electron chi connectivity index (χ0n) is 12.2. The molecule has 1 N–H and O–H groups in total. The number of halogens is 2. The van der Waals surface area contributed by atoms with Crippen molar-refractivity contribution in [3.63, 3.8) is 0 Å². The Hall–Kier alpha value is -0.900. The maximum absolute atomic E-state index is 14.1. The first kappa shape index (κ1) is 16.5. The van der Waals surface area contributed by atoms with Crippen LogP contribution in [0.2, 0.25) is 5.02 Å². The first-order chi connectivity index (χ1) is 10.2. The molecule has 1 nitrogen and oxygen atoms in total. The molecule has 2 aromatic rings. The Morgan fingerprint density at radius 3 is 2.86 bits per heavy atom. The third-order valence-electron chi connectivity index (χ3n) is 3.47. The molecule has 1 unspecified atom stereocenters. The van der Waals surface area contributed by atoms with E-state index >= 15 is 0 Å². The van der Waals surface area contributed by atoms with Gasteiger partial charge >= 0.3 is 0 Å². The van der Waals surface area contributed by atoms with Gasteiger partial charge in [0, 0.05) is 21.5 Å². The standard InChI is InChI=1S/C17H21ClFNS/c1-2-10-20-17(7-3-5-14-6-4-11-21-14)15-9-8-13(18)12-16(15)19/h4,6,8-9,11-12,17,20H,2-3,5,7,10H2,1H3. The minimum absolute atomic E-state index is 0.0576. The van der Waals surface area contributed by atoms with Crippen molar-refractivity contribution in [3.05, 3.63) is 57.0 Å². The number of aryl methyl sites for hydroxylation is 1. The van der Waals surface area contributed by atoms with Crippen LogP contribution >= 0.6 is 22.9 Å². The van der Waals surface area contributed by atoms with Gasteiger partial charge < -0.3 is 5.32 Å². The summed E-state index contributed by atoms with van der Waals surface area (Å²) in [6, 6.07) is 9.25. The highest BCUT2D eigenvalue weighted by atomic mass is 35.5. The van der Waals surface area contributed by atoms with Gasteiger partial charge in [-0.2, -0.15) is 0 Å². The lowest BCUT2D eigenvalue weighted by Gasteiger charge is -2.19. The van der Waals surface area contributed by atoms with Gasteiger partial charge in [0.25, 0.3) is 0 Å². The van der Waals surface area contributed by atoms with Crippen LogP contribution in [0.4, 0.5) is 4.39 Å². The van der Waals surface area contributed by atoms with E-state index in [9.17, 15) is 4.39 Å².